The number of hydrogen-bond donors (Lipinski definition) is 1. The summed E-state index contributed by atoms with van der Waals surface area (Å²) < 4.78 is 6.29. The number of esters is 1. The Kier molecular flexibility index (Phi) is 9.73. The van der Waals surface area contributed by atoms with Gasteiger partial charge in [0.2, 0.25) is 5.91 Å². The summed E-state index contributed by atoms with van der Waals surface area (Å²) in [6, 6.07) is 0. The van der Waals surface area contributed by atoms with Crippen LogP contribution in [0, 0.1) is 62.1 Å². The van der Waals surface area contributed by atoms with Crippen molar-refractivity contribution < 1.29 is 24.2 Å². The molecular formula is C44H70N2O5. The lowest BCUT2D eigenvalue weighted by Gasteiger charge is -2.73. The first-order valence-electron chi connectivity index (χ1n) is 20.3. The molecule has 10 atom stereocenters. The molecule has 6 rings (SSSR count). The summed E-state index contributed by atoms with van der Waals surface area (Å²) >= 11 is 0. The monoisotopic (exact) mass is 707 g/mol. The number of carboxylic acid groups (broad SMARTS) is 1. The molecule has 5 aliphatic carbocycles. The van der Waals surface area contributed by atoms with Gasteiger partial charge in [0.15, 0.2) is 0 Å². The number of likely N-dealkylation sites (N-methyl/N-ethyl adjacent to an activating group) is 1. The summed E-state index contributed by atoms with van der Waals surface area (Å²) in [4.78, 5) is 43.0. The number of rotatable bonds is 8. The number of aliphatic carboxylic acids is 1. The molecule has 51 heavy (non-hydrogen) atoms. The van der Waals surface area contributed by atoms with Crippen LogP contribution in [-0.2, 0) is 19.1 Å². The number of allylic oxidation sites excluding steroid dienone is 1. The SMILES string of the molecule is C=C(C)[C@@H]1CC[C@]2(CC(=O)N3CCN(C)C(=C)C3)CC[C@]3(C)[C@H](CC[C@@H]4[C@@]5(C)CC[C@H](OC(=O)CC(C)(C)CC(=O)O)C(C)(C)[C@@H]5CC[C@]43C)[C@@H]12. The molecule has 7 heteroatoms. The van der Waals surface area contributed by atoms with E-state index in [4.69, 9.17) is 4.74 Å². The van der Waals surface area contributed by atoms with Gasteiger partial charge in [0.25, 0.3) is 0 Å². The van der Waals surface area contributed by atoms with E-state index < -0.39 is 11.4 Å². The lowest BCUT2D eigenvalue weighted by atomic mass is 9.32. The largest absolute Gasteiger partial charge is 0.481 e. The molecule has 0 bridgehead atoms. The quantitative estimate of drug-likeness (QED) is 0.200. The zero-order chi connectivity index (χ0) is 37.5. The maximum absolute atomic E-state index is 14.1. The Hall–Kier alpha value is -2.31. The Morgan fingerprint density at radius 3 is 2.24 bits per heavy atom. The number of nitrogens with zero attached hydrogens (tertiary/aromatic N) is 2. The van der Waals surface area contributed by atoms with Gasteiger partial charge in [0.05, 0.1) is 19.4 Å². The number of fused-ring (bicyclic) bond motifs is 7. The number of amides is 1. The first kappa shape index (κ1) is 38.4. The van der Waals surface area contributed by atoms with Crippen LogP contribution < -0.4 is 0 Å². The number of piperazine rings is 1. The van der Waals surface area contributed by atoms with Crippen molar-refractivity contribution in [2.45, 2.75) is 145 Å². The molecule has 6 fully saturated rings. The van der Waals surface area contributed by atoms with Gasteiger partial charge in [-0.3, -0.25) is 14.4 Å². The molecule has 1 aliphatic heterocycles. The fourth-order valence-electron chi connectivity index (χ4n) is 14.3. The van der Waals surface area contributed by atoms with Crippen molar-refractivity contribution in [1.29, 1.82) is 0 Å². The minimum Gasteiger partial charge on any atom is -0.481 e. The fraction of sp³-hybridized carbons (Fsp3) is 0.841. The Bertz CT molecular complexity index is 1450. The summed E-state index contributed by atoms with van der Waals surface area (Å²) in [7, 11) is 2.08. The average molecular weight is 707 g/mol. The van der Waals surface area contributed by atoms with E-state index in [0.717, 1.165) is 57.3 Å². The molecular weight excluding hydrogens is 636 g/mol. The van der Waals surface area contributed by atoms with E-state index >= 15 is 0 Å². The van der Waals surface area contributed by atoms with Gasteiger partial charge in [0.1, 0.15) is 6.10 Å². The minimum atomic E-state index is -0.882. The van der Waals surface area contributed by atoms with Crippen molar-refractivity contribution in [3.63, 3.8) is 0 Å². The summed E-state index contributed by atoms with van der Waals surface area (Å²) in [6.45, 7) is 29.6. The molecule has 1 saturated heterocycles. The third-order valence-electron chi connectivity index (χ3n) is 17.2. The molecule has 0 aromatic rings. The second-order valence-electron chi connectivity index (χ2n) is 20.8. The minimum absolute atomic E-state index is 0.0469. The number of hydrogen-bond acceptors (Lipinski definition) is 5. The standard InChI is InChI=1S/C44H70N2O5/c1-28(2)30-14-19-44(24-35(47)46-23-22-45(11)29(3)27-46)21-20-42(9)31(38(30)44)12-13-33-41(8)17-16-34(40(6,7)32(41)15-18-43(33,42)10)51-37(50)26-39(4,5)25-36(48)49/h30-34,38H,1,3,12-27H2,2,4-11H3,(H,48,49)/t30-,31+,32-,33+,34-,38+,41-,42+,43+,44+/m0/s1. The Labute approximate surface area is 309 Å². The first-order chi connectivity index (χ1) is 23.6. The zero-order valence-electron chi connectivity index (χ0n) is 33.7. The van der Waals surface area contributed by atoms with Crippen molar-refractivity contribution in [1.82, 2.24) is 9.80 Å². The van der Waals surface area contributed by atoms with Crippen LogP contribution in [0.15, 0.2) is 24.4 Å². The van der Waals surface area contributed by atoms with Crippen LogP contribution in [0.4, 0.5) is 0 Å². The van der Waals surface area contributed by atoms with Gasteiger partial charge in [-0.1, -0.05) is 67.2 Å². The van der Waals surface area contributed by atoms with Crippen LogP contribution in [0.5, 0.6) is 0 Å². The highest BCUT2D eigenvalue weighted by Crippen LogP contribution is 2.78. The van der Waals surface area contributed by atoms with E-state index in [-0.39, 0.29) is 52.0 Å². The van der Waals surface area contributed by atoms with Crippen LogP contribution in [0.2, 0.25) is 0 Å². The number of ether oxygens (including phenoxy) is 1. The molecule has 1 heterocycles. The van der Waals surface area contributed by atoms with Gasteiger partial charge in [-0.05, 0) is 128 Å². The molecule has 286 valence electrons. The van der Waals surface area contributed by atoms with E-state index in [1.165, 1.54) is 31.3 Å². The predicted molar refractivity (Wildman–Crippen MR) is 202 cm³/mol. The Morgan fingerprint density at radius 1 is 0.882 bits per heavy atom. The van der Waals surface area contributed by atoms with Crippen molar-refractivity contribution in [2.75, 3.05) is 26.7 Å². The smallest absolute Gasteiger partial charge is 0.306 e. The van der Waals surface area contributed by atoms with Crippen LogP contribution >= 0.6 is 0 Å². The van der Waals surface area contributed by atoms with Gasteiger partial charge >= 0.3 is 11.9 Å². The van der Waals surface area contributed by atoms with Crippen LogP contribution in [0.1, 0.15) is 139 Å². The second kappa shape index (κ2) is 12.9. The molecule has 0 aromatic heterocycles. The summed E-state index contributed by atoms with van der Waals surface area (Å²) in [6.07, 6.45) is 12.0. The lowest BCUT2D eigenvalue weighted by Crippen LogP contribution is -2.67. The normalized spacial score (nSPS) is 41.9. The fourth-order valence-corrected chi connectivity index (χ4v) is 14.3. The van der Waals surface area contributed by atoms with E-state index in [2.05, 4.69) is 71.5 Å². The number of carbonyl (C=O) groups is 3. The van der Waals surface area contributed by atoms with Gasteiger partial charge in [-0.25, -0.2) is 0 Å². The highest BCUT2D eigenvalue weighted by molar-refractivity contribution is 5.77. The maximum Gasteiger partial charge on any atom is 0.306 e. The topological polar surface area (TPSA) is 87.2 Å². The van der Waals surface area contributed by atoms with Gasteiger partial charge in [-0.15, -0.1) is 0 Å². The molecule has 7 nitrogen and oxygen atoms in total. The van der Waals surface area contributed by atoms with E-state index in [1.807, 2.05) is 13.8 Å². The van der Waals surface area contributed by atoms with Crippen molar-refractivity contribution in [3.8, 4) is 0 Å². The van der Waals surface area contributed by atoms with E-state index in [0.29, 0.717) is 48.5 Å². The highest BCUT2D eigenvalue weighted by Gasteiger charge is 2.71. The Balaban J connectivity index is 1.23. The van der Waals surface area contributed by atoms with Crippen molar-refractivity contribution in [3.05, 3.63) is 24.4 Å². The van der Waals surface area contributed by atoms with Crippen molar-refractivity contribution >= 4 is 17.8 Å². The van der Waals surface area contributed by atoms with Gasteiger partial charge in [0, 0.05) is 37.7 Å². The predicted octanol–water partition coefficient (Wildman–Crippen LogP) is 9.12. The number of carbonyl (C=O) groups excluding carboxylic acids is 2. The van der Waals surface area contributed by atoms with Gasteiger partial charge < -0.3 is 19.6 Å². The molecule has 1 N–H and O–H groups in total. The number of carboxylic acids is 1. The third kappa shape index (κ3) is 6.20. The average Bonchev–Trinajstić information content (AvgIpc) is 3.39. The van der Waals surface area contributed by atoms with Gasteiger partial charge in [-0.2, -0.15) is 0 Å². The molecule has 0 radical (unpaired) electrons. The molecule has 1 amide bonds. The van der Waals surface area contributed by atoms with E-state index in [9.17, 15) is 19.5 Å². The Morgan fingerprint density at radius 2 is 1.59 bits per heavy atom. The highest BCUT2D eigenvalue weighted by atomic mass is 16.5. The summed E-state index contributed by atoms with van der Waals surface area (Å²) in [5, 5.41) is 9.35. The van der Waals surface area contributed by atoms with Crippen molar-refractivity contribution in [2.24, 2.45) is 62.1 Å². The maximum atomic E-state index is 14.1. The third-order valence-corrected chi connectivity index (χ3v) is 17.2. The van der Waals surface area contributed by atoms with E-state index in [1.54, 1.807) is 0 Å². The van der Waals surface area contributed by atoms with Crippen LogP contribution in [0.25, 0.3) is 0 Å². The molecule has 5 saturated carbocycles. The van der Waals surface area contributed by atoms with Crippen LogP contribution in [-0.4, -0.2) is 65.5 Å². The van der Waals surface area contributed by atoms with Crippen LogP contribution in [0.3, 0.4) is 0 Å². The summed E-state index contributed by atoms with van der Waals surface area (Å²) in [5.41, 5.74) is 2.18. The zero-order valence-corrected chi connectivity index (χ0v) is 33.7. The molecule has 0 aromatic carbocycles. The molecule has 0 spiro atoms. The molecule has 0 unspecified atom stereocenters. The first-order valence-corrected chi connectivity index (χ1v) is 20.3. The summed E-state index contributed by atoms with van der Waals surface area (Å²) in [5.74, 6) is 1.83. The second-order valence-corrected chi connectivity index (χ2v) is 20.8. The lowest BCUT2D eigenvalue weighted by molar-refractivity contribution is -0.250. The molecule has 6 aliphatic rings.